The van der Waals surface area contributed by atoms with E-state index in [0.717, 1.165) is 24.0 Å². The topological polar surface area (TPSA) is 46.6 Å². The van der Waals surface area contributed by atoms with Crippen molar-refractivity contribution in [2.45, 2.75) is 39.0 Å². The molecule has 4 heteroatoms. The number of ether oxygens (including phenoxy) is 1. The van der Waals surface area contributed by atoms with Gasteiger partial charge >= 0.3 is 5.97 Å². The van der Waals surface area contributed by atoms with Gasteiger partial charge in [0.1, 0.15) is 0 Å². The Labute approximate surface area is 168 Å². The molecule has 0 spiro atoms. The Hall–Kier alpha value is -2.62. The lowest BCUT2D eigenvalue weighted by atomic mass is 9.88. The Morgan fingerprint density at radius 2 is 1.50 bits per heavy atom. The van der Waals surface area contributed by atoms with Gasteiger partial charge in [-0.05, 0) is 17.5 Å². The molecule has 0 aromatic heterocycles. The molecular formula is C24H31NO3. The van der Waals surface area contributed by atoms with Gasteiger partial charge in [-0.25, -0.2) is 0 Å². The second kappa shape index (κ2) is 11.3. The van der Waals surface area contributed by atoms with Gasteiger partial charge in [0.15, 0.2) is 0 Å². The third-order valence-electron chi connectivity index (χ3n) is 5.01. The number of benzene rings is 2. The van der Waals surface area contributed by atoms with E-state index in [-0.39, 0.29) is 23.7 Å². The molecule has 0 aliphatic heterocycles. The summed E-state index contributed by atoms with van der Waals surface area (Å²) < 4.78 is 4.84. The fourth-order valence-electron chi connectivity index (χ4n) is 3.38. The minimum atomic E-state index is -0.335. The normalized spacial score (nSPS) is 11.9. The maximum absolute atomic E-state index is 13.2. The predicted molar refractivity (Wildman–Crippen MR) is 112 cm³/mol. The van der Waals surface area contributed by atoms with Gasteiger partial charge in [-0.1, -0.05) is 80.9 Å². The molecule has 1 unspecified atom stereocenters. The van der Waals surface area contributed by atoms with Gasteiger partial charge in [0, 0.05) is 25.4 Å². The van der Waals surface area contributed by atoms with Crippen LogP contribution in [0.2, 0.25) is 0 Å². The van der Waals surface area contributed by atoms with Crippen LogP contribution in [0.25, 0.3) is 0 Å². The second-order valence-corrected chi connectivity index (χ2v) is 7.20. The molecule has 28 heavy (non-hydrogen) atoms. The molecule has 0 bridgehead atoms. The molecule has 0 heterocycles. The van der Waals surface area contributed by atoms with E-state index < -0.39 is 0 Å². The van der Waals surface area contributed by atoms with Crippen molar-refractivity contribution in [1.29, 1.82) is 0 Å². The summed E-state index contributed by atoms with van der Waals surface area (Å²) in [5, 5.41) is 0. The summed E-state index contributed by atoms with van der Waals surface area (Å²) in [6.07, 6.45) is 2.30. The van der Waals surface area contributed by atoms with Crippen molar-refractivity contribution in [3.63, 3.8) is 0 Å². The van der Waals surface area contributed by atoms with E-state index in [1.54, 1.807) is 0 Å². The first kappa shape index (κ1) is 21.7. The highest BCUT2D eigenvalue weighted by Gasteiger charge is 2.25. The third-order valence-corrected chi connectivity index (χ3v) is 5.01. The van der Waals surface area contributed by atoms with Crippen LogP contribution in [0.5, 0.6) is 0 Å². The smallest absolute Gasteiger partial charge is 0.310 e. The minimum absolute atomic E-state index is 0.00698. The number of carbonyl (C=O) groups is 2. The molecule has 0 aliphatic rings. The van der Waals surface area contributed by atoms with Crippen LogP contribution in [0.3, 0.4) is 0 Å². The van der Waals surface area contributed by atoms with Gasteiger partial charge in [0.2, 0.25) is 5.91 Å². The molecular weight excluding hydrogens is 350 g/mol. The summed E-state index contributed by atoms with van der Waals surface area (Å²) in [7, 11) is 1.39. The Kier molecular flexibility index (Phi) is 8.73. The van der Waals surface area contributed by atoms with Gasteiger partial charge < -0.3 is 9.64 Å². The number of amides is 1. The first-order valence-electron chi connectivity index (χ1n) is 10.0. The lowest BCUT2D eigenvalue weighted by molar-refractivity contribution is -0.146. The van der Waals surface area contributed by atoms with Crippen molar-refractivity contribution in [1.82, 2.24) is 4.90 Å². The van der Waals surface area contributed by atoms with Gasteiger partial charge in [-0.3, -0.25) is 9.59 Å². The number of hydrogen-bond acceptors (Lipinski definition) is 3. The largest absolute Gasteiger partial charge is 0.469 e. The third kappa shape index (κ3) is 6.22. The molecule has 0 fully saturated rings. The molecule has 0 saturated carbocycles. The van der Waals surface area contributed by atoms with E-state index in [4.69, 9.17) is 4.74 Å². The first-order valence-corrected chi connectivity index (χ1v) is 10.0. The summed E-state index contributed by atoms with van der Waals surface area (Å²) in [6, 6.07) is 20.3. The molecule has 4 nitrogen and oxygen atoms in total. The van der Waals surface area contributed by atoms with Crippen molar-refractivity contribution in [2.24, 2.45) is 5.92 Å². The molecule has 0 saturated heterocycles. The zero-order valence-electron chi connectivity index (χ0n) is 17.1. The number of esters is 1. The Balaban J connectivity index is 2.22. The zero-order chi connectivity index (χ0) is 20.4. The average molecular weight is 382 g/mol. The second-order valence-electron chi connectivity index (χ2n) is 7.20. The maximum atomic E-state index is 13.2. The van der Waals surface area contributed by atoms with Crippen molar-refractivity contribution in [3.05, 3.63) is 71.8 Å². The number of unbranched alkanes of at least 4 members (excludes halogenated alkanes) is 1. The van der Waals surface area contributed by atoms with Crippen LogP contribution in [0.4, 0.5) is 0 Å². The Morgan fingerprint density at radius 3 is 1.96 bits per heavy atom. The zero-order valence-corrected chi connectivity index (χ0v) is 17.1. The lowest BCUT2D eigenvalue weighted by Gasteiger charge is -2.27. The van der Waals surface area contributed by atoms with Crippen molar-refractivity contribution in [2.75, 3.05) is 20.2 Å². The standard InChI is InChI=1S/C24H31NO3/c1-4-5-16-25(18-19(2)24(27)28-3)23(26)17-22(20-12-8-6-9-13-20)21-14-10-7-11-15-21/h6-15,19,22H,4-5,16-18H2,1-3H3. The van der Waals surface area contributed by atoms with Gasteiger partial charge in [-0.15, -0.1) is 0 Å². The highest BCUT2D eigenvalue weighted by Crippen LogP contribution is 2.28. The first-order chi connectivity index (χ1) is 13.6. The quantitative estimate of drug-likeness (QED) is 0.563. The SMILES string of the molecule is CCCCN(CC(C)C(=O)OC)C(=O)CC(c1ccccc1)c1ccccc1. The van der Waals surface area contributed by atoms with E-state index in [9.17, 15) is 9.59 Å². The van der Waals surface area contributed by atoms with E-state index in [2.05, 4.69) is 31.2 Å². The van der Waals surface area contributed by atoms with Crippen LogP contribution in [0.1, 0.15) is 50.2 Å². The minimum Gasteiger partial charge on any atom is -0.469 e. The number of carbonyl (C=O) groups excluding carboxylic acids is 2. The van der Waals surface area contributed by atoms with Crippen LogP contribution in [0.15, 0.2) is 60.7 Å². The summed E-state index contributed by atoms with van der Waals surface area (Å²) >= 11 is 0. The van der Waals surface area contributed by atoms with Gasteiger partial charge in [-0.2, -0.15) is 0 Å². The Morgan fingerprint density at radius 1 is 0.964 bits per heavy atom. The monoisotopic (exact) mass is 381 g/mol. The molecule has 0 radical (unpaired) electrons. The molecule has 2 rings (SSSR count). The lowest BCUT2D eigenvalue weighted by Crippen LogP contribution is -2.38. The fraction of sp³-hybridized carbons (Fsp3) is 0.417. The van der Waals surface area contributed by atoms with Crippen molar-refractivity contribution >= 4 is 11.9 Å². The average Bonchev–Trinajstić information content (AvgIpc) is 2.75. The van der Waals surface area contributed by atoms with E-state index >= 15 is 0 Å². The summed E-state index contributed by atoms with van der Waals surface area (Å²) in [5.41, 5.74) is 2.25. The summed E-state index contributed by atoms with van der Waals surface area (Å²) in [5.74, 6) is -0.552. The van der Waals surface area contributed by atoms with Gasteiger partial charge in [0.05, 0.1) is 13.0 Å². The Bertz CT molecular complexity index is 691. The number of nitrogens with zero attached hydrogens (tertiary/aromatic N) is 1. The van der Waals surface area contributed by atoms with E-state index in [0.29, 0.717) is 19.5 Å². The van der Waals surface area contributed by atoms with Crippen LogP contribution in [0, 0.1) is 5.92 Å². The highest BCUT2D eigenvalue weighted by molar-refractivity contribution is 5.79. The number of rotatable bonds is 10. The molecule has 2 aromatic rings. The molecule has 2 aromatic carbocycles. The molecule has 1 amide bonds. The van der Waals surface area contributed by atoms with Crippen LogP contribution in [-0.2, 0) is 14.3 Å². The predicted octanol–water partition coefficient (Wildman–Crippen LogP) is 4.65. The van der Waals surface area contributed by atoms with Crippen LogP contribution in [-0.4, -0.2) is 37.0 Å². The molecule has 150 valence electrons. The summed E-state index contributed by atoms with van der Waals surface area (Å²) in [4.78, 5) is 26.9. The van der Waals surface area contributed by atoms with Crippen molar-refractivity contribution in [3.8, 4) is 0 Å². The maximum Gasteiger partial charge on any atom is 0.310 e. The van der Waals surface area contributed by atoms with Crippen LogP contribution < -0.4 is 0 Å². The van der Waals surface area contributed by atoms with Crippen LogP contribution >= 0.6 is 0 Å². The highest BCUT2D eigenvalue weighted by atomic mass is 16.5. The van der Waals surface area contributed by atoms with E-state index in [1.807, 2.05) is 48.2 Å². The molecule has 1 atom stereocenters. The van der Waals surface area contributed by atoms with E-state index in [1.165, 1.54) is 7.11 Å². The number of hydrogen-bond donors (Lipinski definition) is 0. The number of methoxy groups -OCH3 is 1. The fourth-order valence-corrected chi connectivity index (χ4v) is 3.38. The molecule has 0 aliphatic carbocycles. The van der Waals surface area contributed by atoms with Gasteiger partial charge in [0.25, 0.3) is 0 Å². The molecule has 0 N–H and O–H groups in total. The summed E-state index contributed by atoms with van der Waals surface area (Å²) in [6.45, 7) is 4.96. The van der Waals surface area contributed by atoms with Crippen molar-refractivity contribution < 1.29 is 14.3 Å².